The Morgan fingerprint density at radius 3 is 1.92 bits per heavy atom. The van der Waals surface area contributed by atoms with E-state index >= 15 is 0 Å². The number of hydrogen-bond acceptors (Lipinski definition) is 5. The monoisotopic (exact) mass is 737 g/mol. The lowest BCUT2D eigenvalue weighted by molar-refractivity contribution is 0.0981. The van der Waals surface area contributed by atoms with Crippen LogP contribution in [0, 0.1) is 0 Å². The molecule has 6 rings (SSSR count). The first kappa shape index (κ1) is 35.9. The van der Waals surface area contributed by atoms with E-state index in [9.17, 15) is 13.2 Å². The molecule has 0 aliphatic carbocycles. The largest absolute Gasteiger partial charge is 0.457 e. The Morgan fingerprint density at radius 2 is 1.35 bits per heavy atom. The van der Waals surface area contributed by atoms with Gasteiger partial charge in [0, 0.05) is 35.3 Å². The maximum atomic E-state index is 12.3. The standard InChI is InChI=1S/C41H37Cl2N3O4S/c1-41(2,3)32-15-20-35(21-16-32)50-34-18-13-30(14-19-34)29-9-5-27(6-10-29)23-39-44-38(36-22-17-33(42)24-37(36)43)26-46(39)25-28-7-11-31(12-8-28)40(47)45-51(4,48)49/h5-22,24,26H,23,25H2,1-4H3,(H,45,47). The Balaban J connectivity index is 1.19. The molecule has 260 valence electrons. The molecule has 1 heterocycles. The van der Waals surface area contributed by atoms with Gasteiger partial charge in [0.2, 0.25) is 10.0 Å². The van der Waals surface area contributed by atoms with Crippen molar-refractivity contribution in [3.63, 3.8) is 0 Å². The molecule has 1 N–H and O–H groups in total. The van der Waals surface area contributed by atoms with Gasteiger partial charge in [-0.25, -0.2) is 18.1 Å². The Morgan fingerprint density at radius 1 is 0.784 bits per heavy atom. The Labute approximate surface area is 308 Å². The van der Waals surface area contributed by atoms with E-state index in [1.54, 1.807) is 36.4 Å². The normalized spacial score (nSPS) is 11.7. The Kier molecular flexibility index (Phi) is 10.4. The molecule has 10 heteroatoms. The fraction of sp³-hybridized carbons (Fsp3) is 0.171. The molecule has 0 bridgehead atoms. The van der Waals surface area contributed by atoms with Gasteiger partial charge < -0.3 is 9.30 Å². The number of amides is 1. The molecule has 0 saturated heterocycles. The molecule has 6 aromatic rings. The number of carbonyl (C=O) groups excluding carboxylic acids is 1. The number of nitrogens with one attached hydrogen (secondary N) is 1. The number of imidazole rings is 1. The Bertz CT molecular complexity index is 2280. The molecule has 51 heavy (non-hydrogen) atoms. The number of sulfonamides is 1. The minimum absolute atomic E-state index is 0.0886. The minimum atomic E-state index is -3.67. The van der Waals surface area contributed by atoms with Crippen LogP contribution in [-0.4, -0.2) is 30.1 Å². The summed E-state index contributed by atoms with van der Waals surface area (Å²) < 4.78 is 33.1. The highest BCUT2D eigenvalue weighted by Crippen LogP contribution is 2.32. The van der Waals surface area contributed by atoms with Gasteiger partial charge in [-0.05, 0) is 87.8 Å². The number of halogens is 2. The third kappa shape index (κ3) is 9.27. The highest BCUT2D eigenvalue weighted by Gasteiger charge is 2.16. The second kappa shape index (κ2) is 14.8. The minimum Gasteiger partial charge on any atom is -0.457 e. The van der Waals surface area contributed by atoms with Crippen LogP contribution >= 0.6 is 23.2 Å². The highest BCUT2D eigenvalue weighted by atomic mass is 35.5. The van der Waals surface area contributed by atoms with E-state index < -0.39 is 15.9 Å². The summed E-state index contributed by atoms with van der Waals surface area (Å²) in [5, 5.41) is 1.04. The van der Waals surface area contributed by atoms with Gasteiger partial charge in [0.05, 0.1) is 17.0 Å². The number of carbonyl (C=O) groups is 1. The molecule has 0 spiro atoms. The fourth-order valence-electron chi connectivity index (χ4n) is 5.62. The average Bonchev–Trinajstić information content (AvgIpc) is 3.46. The van der Waals surface area contributed by atoms with Crippen molar-refractivity contribution in [3.8, 4) is 33.9 Å². The first-order chi connectivity index (χ1) is 24.2. The summed E-state index contributed by atoms with van der Waals surface area (Å²) in [5.74, 6) is 1.71. The number of ether oxygens (including phenoxy) is 1. The fourth-order valence-corrected chi connectivity index (χ4v) is 6.58. The smallest absolute Gasteiger partial charge is 0.264 e. The molecule has 0 saturated carbocycles. The topological polar surface area (TPSA) is 90.3 Å². The van der Waals surface area contributed by atoms with Crippen molar-refractivity contribution in [1.82, 2.24) is 14.3 Å². The van der Waals surface area contributed by atoms with Gasteiger partial charge in [0.15, 0.2) is 0 Å². The van der Waals surface area contributed by atoms with Crippen molar-refractivity contribution in [2.45, 2.75) is 39.2 Å². The van der Waals surface area contributed by atoms with Crippen LogP contribution in [0.25, 0.3) is 22.4 Å². The van der Waals surface area contributed by atoms with Gasteiger partial charge in [-0.3, -0.25) is 4.79 Å². The third-order valence-electron chi connectivity index (χ3n) is 8.37. The molecule has 0 radical (unpaired) electrons. The van der Waals surface area contributed by atoms with Crippen molar-refractivity contribution in [2.24, 2.45) is 0 Å². The quantitative estimate of drug-likeness (QED) is 0.151. The number of nitrogens with zero attached hydrogens (tertiary/aromatic N) is 2. The zero-order valence-electron chi connectivity index (χ0n) is 28.7. The SMILES string of the molecule is CC(C)(C)c1ccc(Oc2ccc(-c3ccc(Cc4nc(-c5ccc(Cl)cc5Cl)cn4Cc4ccc(C(=O)NS(C)(=O)=O)cc4)cc3)cc2)cc1. The number of rotatable bonds is 10. The van der Waals surface area contributed by atoms with Gasteiger partial charge in [-0.1, -0.05) is 105 Å². The van der Waals surface area contributed by atoms with Crippen LogP contribution in [0.15, 0.2) is 121 Å². The summed E-state index contributed by atoms with van der Waals surface area (Å²) in [6, 6.07) is 36.8. The lowest BCUT2D eigenvalue weighted by atomic mass is 9.87. The van der Waals surface area contributed by atoms with Crippen molar-refractivity contribution >= 4 is 39.1 Å². The molecule has 5 aromatic carbocycles. The van der Waals surface area contributed by atoms with Crippen LogP contribution in [0.4, 0.5) is 0 Å². The second-order valence-corrected chi connectivity index (χ2v) is 16.1. The van der Waals surface area contributed by atoms with E-state index in [2.05, 4.69) is 73.9 Å². The van der Waals surface area contributed by atoms with E-state index in [0.717, 1.165) is 51.4 Å². The van der Waals surface area contributed by atoms with Crippen molar-refractivity contribution in [3.05, 3.63) is 160 Å². The van der Waals surface area contributed by atoms with Gasteiger partial charge in [0.25, 0.3) is 5.91 Å². The number of aromatic nitrogens is 2. The Hall–Kier alpha value is -4.89. The number of hydrogen-bond donors (Lipinski definition) is 1. The van der Waals surface area contributed by atoms with E-state index in [-0.39, 0.29) is 11.0 Å². The molecular formula is C41H37Cl2N3O4S. The summed E-state index contributed by atoms with van der Waals surface area (Å²) in [5.41, 5.74) is 7.20. The van der Waals surface area contributed by atoms with Crippen LogP contribution in [0.1, 0.15) is 53.6 Å². The highest BCUT2D eigenvalue weighted by molar-refractivity contribution is 7.89. The zero-order valence-corrected chi connectivity index (χ0v) is 31.0. The second-order valence-electron chi connectivity index (χ2n) is 13.5. The van der Waals surface area contributed by atoms with Gasteiger partial charge in [0.1, 0.15) is 17.3 Å². The number of benzene rings is 5. The zero-order chi connectivity index (χ0) is 36.3. The van der Waals surface area contributed by atoms with E-state index in [1.807, 2.05) is 41.3 Å². The predicted octanol–water partition coefficient (Wildman–Crippen LogP) is 9.94. The molecule has 0 fully saturated rings. The molecule has 0 atom stereocenters. The summed E-state index contributed by atoms with van der Waals surface area (Å²) in [6.45, 7) is 7.04. The van der Waals surface area contributed by atoms with Crippen molar-refractivity contribution in [2.75, 3.05) is 6.26 Å². The van der Waals surface area contributed by atoms with Crippen molar-refractivity contribution in [1.29, 1.82) is 0 Å². The maximum Gasteiger partial charge on any atom is 0.264 e. The molecule has 0 aliphatic heterocycles. The first-order valence-corrected chi connectivity index (χ1v) is 19.0. The van der Waals surface area contributed by atoms with Crippen LogP contribution in [0.5, 0.6) is 11.5 Å². The molecule has 1 aromatic heterocycles. The summed E-state index contributed by atoms with van der Waals surface area (Å²) >= 11 is 12.7. The van der Waals surface area contributed by atoms with Crippen LogP contribution in [0.3, 0.4) is 0 Å². The van der Waals surface area contributed by atoms with Gasteiger partial charge in [-0.15, -0.1) is 0 Å². The molecule has 0 unspecified atom stereocenters. The van der Waals surface area contributed by atoms with Crippen LogP contribution in [0.2, 0.25) is 10.0 Å². The van der Waals surface area contributed by atoms with Crippen LogP contribution in [-0.2, 0) is 28.4 Å². The molecular weight excluding hydrogens is 701 g/mol. The molecule has 1 amide bonds. The van der Waals surface area contributed by atoms with Gasteiger partial charge in [-0.2, -0.15) is 0 Å². The van der Waals surface area contributed by atoms with E-state index in [0.29, 0.717) is 28.7 Å². The first-order valence-electron chi connectivity index (χ1n) is 16.3. The molecule has 7 nitrogen and oxygen atoms in total. The van der Waals surface area contributed by atoms with Gasteiger partial charge >= 0.3 is 0 Å². The van der Waals surface area contributed by atoms with Crippen molar-refractivity contribution < 1.29 is 17.9 Å². The average molecular weight is 739 g/mol. The lowest BCUT2D eigenvalue weighted by Crippen LogP contribution is -2.29. The summed E-state index contributed by atoms with van der Waals surface area (Å²) in [4.78, 5) is 17.3. The van der Waals surface area contributed by atoms with E-state index in [4.69, 9.17) is 32.9 Å². The maximum absolute atomic E-state index is 12.3. The lowest BCUT2D eigenvalue weighted by Gasteiger charge is -2.19. The van der Waals surface area contributed by atoms with Crippen LogP contribution < -0.4 is 9.46 Å². The predicted molar refractivity (Wildman–Crippen MR) is 205 cm³/mol. The van der Waals surface area contributed by atoms with E-state index in [1.165, 1.54) is 5.56 Å². The molecule has 0 aliphatic rings. The third-order valence-corrected chi connectivity index (χ3v) is 9.48. The summed E-state index contributed by atoms with van der Waals surface area (Å²) in [7, 11) is -3.67. The summed E-state index contributed by atoms with van der Waals surface area (Å²) in [6.07, 6.45) is 3.45.